The molecule has 7 nitrogen and oxygen atoms in total. The summed E-state index contributed by atoms with van der Waals surface area (Å²) in [6, 6.07) is 15.6. The molecule has 9 heteroatoms. The quantitative estimate of drug-likeness (QED) is 0.320. The van der Waals surface area contributed by atoms with Crippen molar-refractivity contribution in [2.75, 3.05) is 7.11 Å². The molecular weight excluding hydrogens is 411 g/mol. The van der Waals surface area contributed by atoms with Crippen molar-refractivity contribution in [2.45, 2.75) is 6.92 Å². The van der Waals surface area contributed by atoms with E-state index >= 15 is 0 Å². The molecule has 0 spiro atoms. The number of ether oxygens (including phenoxy) is 2. The average molecular weight is 427 g/mol. The SMILES string of the molecule is COC(C)=O.Clc1cccc(-c2ccccc2)c1Cl.O=CC(=O)OC(=O)C=O. The lowest BCUT2D eigenvalue weighted by molar-refractivity contribution is -0.162. The summed E-state index contributed by atoms with van der Waals surface area (Å²) in [6.07, 6.45) is -0.414. The third-order valence-corrected chi connectivity index (χ3v) is 3.54. The monoisotopic (exact) mass is 426 g/mol. The molecule has 0 N–H and O–H groups in total. The van der Waals surface area contributed by atoms with E-state index in [4.69, 9.17) is 23.2 Å². The van der Waals surface area contributed by atoms with E-state index in [2.05, 4.69) is 9.47 Å². The van der Waals surface area contributed by atoms with Crippen LogP contribution in [-0.2, 0) is 33.4 Å². The molecule has 2 aromatic carbocycles. The van der Waals surface area contributed by atoms with Crippen LogP contribution in [0.2, 0.25) is 10.0 Å². The van der Waals surface area contributed by atoms with Gasteiger partial charge in [0.2, 0.25) is 12.6 Å². The molecule has 0 aliphatic carbocycles. The van der Waals surface area contributed by atoms with Gasteiger partial charge in [0, 0.05) is 12.5 Å². The zero-order valence-corrected chi connectivity index (χ0v) is 16.4. The van der Waals surface area contributed by atoms with E-state index in [0.29, 0.717) is 10.0 Å². The van der Waals surface area contributed by atoms with Gasteiger partial charge >= 0.3 is 17.9 Å². The molecule has 2 aromatic rings. The molecule has 0 saturated heterocycles. The molecule has 0 radical (unpaired) electrons. The predicted molar refractivity (Wildman–Crippen MR) is 103 cm³/mol. The summed E-state index contributed by atoms with van der Waals surface area (Å²) in [7, 11) is 1.35. The summed E-state index contributed by atoms with van der Waals surface area (Å²) in [6.45, 7) is 1.36. The Balaban J connectivity index is 0.000000450. The number of carbonyl (C=O) groups is 5. The van der Waals surface area contributed by atoms with E-state index in [0.717, 1.165) is 11.1 Å². The maximum atomic E-state index is 9.81. The van der Waals surface area contributed by atoms with Crippen LogP contribution in [-0.4, -0.2) is 37.6 Å². The van der Waals surface area contributed by atoms with Crippen LogP contribution in [0, 0.1) is 0 Å². The Morgan fingerprint density at radius 3 is 1.79 bits per heavy atom. The Morgan fingerprint density at radius 1 is 0.857 bits per heavy atom. The zero-order chi connectivity index (χ0) is 21.5. The fourth-order valence-corrected chi connectivity index (χ4v) is 1.90. The van der Waals surface area contributed by atoms with Gasteiger partial charge in [0.25, 0.3) is 0 Å². The Morgan fingerprint density at radius 2 is 1.36 bits per heavy atom. The van der Waals surface area contributed by atoms with Crippen molar-refractivity contribution in [3.63, 3.8) is 0 Å². The highest BCUT2D eigenvalue weighted by atomic mass is 35.5. The van der Waals surface area contributed by atoms with Gasteiger partial charge < -0.3 is 9.47 Å². The van der Waals surface area contributed by atoms with Gasteiger partial charge in [0.05, 0.1) is 17.2 Å². The Bertz CT molecular complexity index is 802. The van der Waals surface area contributed by atoms with Crippen molar-refractivity contribution in [3.8, 4) is 11.1 Å². The van der Waals surface area contributed by atoms with Crippen LogP contribution in [0.3, 0.4) is 0 Å². The first-order valence-electron chi connectivity index (χ1n) is 7.46. The first-order valence-corrected chi connectivity index (χ1v) is 8.22. The van der Waals surface area contributed by atoms with Crippen molar-refractivity contribution >= 4 is 53.7 Å². The maximum absolute atomic E-state index is 9.81. The molecule has 0 fully saturated rings. The van der Waals surface area contributed by atoms with Gasteiger partial charge in [0.1, 0.15) is 0 Å². The third kappa shape index (κ3) is 10.2. The molecule has 0 saturated carbocycles. The minimum absolute atomic E-state index is 0.207. The molecule has 148 valence electrons. The molecule has 0 aromatic heterocycles. The van der Waals surface area contributed by atoms with Crippen molar-refractivity contribution in [2.24, 2.45) is 0 Å². The van der Waals surface area contributed by atoms with Gasteiger partial charge in [-0.25, -0.2) is 9.59 Å². The molecule has 0 aliphatic rings. The lowest BCUT2D eigenvalue weighted by atomic mass is 10.1. The first kappa shape index (κ1) is 25.0. The van der Waals surface area contributed by atoms with Gasteiger partial charge in [-0.2, -0.15) is 0 Å². The maximum Gasteiger partial charge on any atom is 0.379 e. The fourth-order valence-electron chi connectivity index (χ4n) is 1.49. The van der Waals surface area contributed by atoms with E-state index < -0.39 is 11.9 Å². The smallest absolute Gasteiger partial charge is 0.379 e. The Kier molecular flexibility index (Phi) is 12.6. The van der Waals surface area contributed by atoms with E-state index in [1.54, 1.807) is 6.07 Å². The molecule has 28 heavy (non-hydrogen) atoms. The van der Waals surface area contributed by atoms with E-state index in [-0.39, 0.29) is 18.5 Å². The predicted octanol–water partition coefficient (Wildman–Crippen LogP) is 3.29. The summed E-state index contributed by atoms with van der Waals surface area (Å²) >= 11 is 12.0. The summed E-state index contributed by atoms with van der Waals surface area (Å²) in [4.78, 5) is 48.0. The molecule has 0 aliphatic heterocycles. The van der Waals surface area contributed by atoms with Crippen molar-refractivity contribution in [3.05, 3.63) is 58.6 Å². The van der Waals surface area contributed by atoms with Gasteiger partial charge in [-0.3, -0.25) is 14.4 Å². The number of hydrogen-bond acceptors (Lipinski definition) is 7. The van der Waals surface area contributed by atoms with Crippen LogP contribution in [0.25, 0.3) is 11.1 Å². The number of rotatable bonds is 3. The van der Waals surface area contributed by atoms with E-state index in [9.17, 15) is 24.0 Å². The standard InChI is InChI=1S/C12H8Cl2.C4H2O5.C3H6O2/c13-11-8-4-7-10(12(11)14)9-5-2-1-3-6-9;5-1-3(7)9-4(8)2-6;1-3(4)5-2/h1-8H;1-2H;1-2H3. The van der Waals surface area contributed by atoms with Crippen molar-refractivity contribution in [1.82, 2.24) is 0 Å². The second-order valence-corrected chi connectivity index (χ2v) is 5.42. The minimum Gasteiger partial charge on any atom is -0.469 e. The first-order chi connectivity index (χ1) is 13.3. The Hall–Kier alpha value is -3.03. The highest BCUT2D eigenvalue weighted by molar-refractivity contribution is 6.43. The number of hydrogen-bond donors (Lipinski definition) is 0. The molecule has 0 amide bonds. The molecule has 0 heterocycles. The van der Waals surface area contributed by atoms with Crippen LogP contribution in [0.1, 0.15) is 6.92 Å². The lowest BCUT2D eigenvalue weighted by Crippen LogP contribution is -2.13. The molecular formula is C19H16Cl2O7. The van der Waals surface area contributed by atoms with E-state index in [1.165, 1.54) is 14.0 Å². The van der Waals surface area contributed by atoms with E-state index in [1.807, 2.05) is 42.5 Å². The van der Waals surface area contributed by atoms with Crippen LogP contribution in [0.15, 0.2) is 48.5 Å². The summed E-state index contributed by atoms with van der Waals surface area (Å²) in [5.74, 6) is -2.98. The second-order valence-electron chi connectivity index (χ2n) is 4.64. The van der Waals surface area contributed by atoms with Crippen molar-refractivity contribution in [1.29, 1.82) is 0 Å². The van der Waals surface area contributed by atoms with Gasteiger partial charge in [-0.1, -0.05) is 65.7 Å². The second kappa shape index (κ2) is 14.1. The number of benzene rings is 2. The molecule has 0 bridgehead atoms. The summed E-state index contributed by atoms with van der Waals surface area (Å²) in [5, 5.41) is 1.20. The van der Waals surface area contributed by atoms with Crippen LogP contribution in [0.4, 0.5) is 0 Å². The summed E-state index contributed by atoms with van der Waals surface area (Å²) < 4.78 is 7.65. The highest BCUT2D eigenvalue weighted by Gasteiger charge is 2.06. The number of aldehydes is 2. The van der Waals surface area contributed by atoms with Crippen molar-refractivity contribution < 1.29 is 33.4 Å². The molecule has 2 rings (SSSR count). The lowest BCUT2D eigenvalue weighted by Gasteiger charge is -2.04. The fraction of sp³-hybridized carbons (Fsp3) is 0.105. The summed E-state index contributed by atoms with van der Waals surface area (Å²) in [5.41, 5.74) is 2.06. The third-order valence-electron chi connectivity index (χ3n) is 2.72. The van der Waals surface area contributed by atoms with Gasteiger partial charge in [-0.05, 0) is 11.6 Å². The van der Waals surface area contributed by atoms with Crippen LogP contribution >= 0.6 is 23.2 Å². The minimum atomic E-state index is -1.37. The van der Waals surface area contributed by atoms with Gasteiger partial charge in [0.15, 0.2) is 0 Å². The topological polar surface area (TPSA) is 104 Å². The molecule has 0 atom stereocenters. The van der Waals surface area contributed by atoms with Crippen LogP contribution in [0.5, 0.6) is 0 Å². The van der Waals surface area contributed by atoms with Gasteiger partial charge in [-0.15, -0.1) is 0 Å². The largest absolute Gasteiger partial charge is 0.469 e. The number of methoxy groups -OCH3 is 1. The number of esters is 3. The number of carbonyl (C=O) groups excluding carboxylic acids is 5. The highest BCUT2D eigenvalue weighted by Crippen LogP contribution is 2.32. The molecule has 0 unspecified atom stereocenters. The average Bonchev–Trinajstić information content (AvgIpc) is 2.71. The zero-order valence-electron chi connectivity index (χ0n) is 14.9. The normalized spacial score (nSPS) is 8.71. The number of halogens is 2. The van der Waals surface area contributed by atoms with Crippen LogP contribution < -0.4 is 0 Å². The Labute approximate surface area is 171 Å².